The molecule has 1 unspecified atom stereocenters. The monoisotopic (exact) mass is 524 g/mol. The average Bonchev–Trinajstić information content (AvgIpc) is 3.48. The Hall–Kier alpha value is -4.52. The zero-order chi connectivity index (χ0) is 27.4. The Kier molecular flexibility index (Phi) is 7.68. The number of unbranched alkanes of at least 4 members (excludes halogenated alkanes) is 2. The zero-order valence-corrected chi connectivity index (χ0v) is 21.9. The van der Waals surface area contributed by atoms with Crippen molar-refractivity contribution in [1.82, 2.24) is 9.88 Å². The van der Waals surface area contributed by atoms with Gasteiger partial charge in [0.25, 0.3) is 11.7 Å². The van der Waals surface area contributed by atoms with Crippen LogP contribution in [-0.2, 0) is 16.0 Å². The maximum absolute atomic E-state index is 13.3. The highest BCUT2D eigenvalue weighted by Crippen LogP contribution is 2.40. The Morgan fingerprint density at radius 3 is 2.56 bits per heavy atom. The number of fused-ring (bicyclic) bond motifs is 1. The van der Waals surface area contributed by atoms with Crippen LogP contribution < -0.4 is 4.74 Å². The number of aliphatic hydroxyl groups excluding tert-OH is 1. The van der Waals surface area contributed by atoms with Gasteiger partial charge in [0.1, 0.15) is 17.3 Å². The number of carbonyl (C=O) groups is 2. The van der Waals surface area contributed by atoms with E-state index in [2.05, 4.69) is 11.9 Å². The molecule has 1 saturated heterocycles. The number of nitrogens with one attached hydrogen (secondary N) is 1. The second-order valence-corrected chi connectivity index (χ2v) is 9.78. The van der Waals surface area contributed by atoms with Crippen LogP contribution in [0.4, 0.5) is 0 Å². The number of para-hydroxylation sites is 1. The van der Waals surface area contributed by atoms with Gasteiger partial charge in [-0.15, -0.1) is 0 Å². The van der Waals surface area contributed by atoms with Crippen molar-refractivity contribution in [2.45, 2.75) is 38.6 Å². The van der Waals surface area contributed by atoms with Crippen LogP contribution >= 0.6 is 0 Å². The van der Waals surface area contributed by atoms with E-state index in [1.807, 2.05) is 30.5 Å². The molecule has 3 N–H and O–H groups in total. The molecule has 0 spiro atoms. The van der Waals surface area contributed by atoms with Crippen LogP contribution in [0.15, 0.2) is 84.6 Å². The van der Waals surface area contributed by atoms with Crippen LogP contribution in [0.2, 0.25) is 0 Å². The van der Waals surface area contributed by atoms with Gasteiger partial charge in [0.15, 0.2) is 0 Å². The van der Waals surface area contributed by atoms with Crippen LogP contribution in [-0.4, -0.2) is 44.9 Å². The van der Waals surface area contributed by atoms with Gasteiger partial charge in [0.2, 0.25) is 0 Å². The van der Waals surface area contributed by atoms with Crippen molar-refractivity contribution in [3.05, 3.63) is 101 Å². The normalized spacial score (nSPS) is 16.7. The summed E-state index contributed by atoms with van der Waals surface area (Å²) >= 11 is 0. The lowest BCUT2D eigenvalue weighted by molar-refractivity contribution is -0.139. The lowest BCUT2D eigenvalue weighted by Gasteiger charge is -2.25. The smallest absolute Gasteiger partial charge is 0.295 e. The van der Waals surface area contributed by atoms with E-state index >= 15 is 0 Å². The number of aromatic hydroxyl groups is 1. The van der Waals surface area contributed by atoms with E-state index in [1.54, 1.807) is 36.4 Å². The van der Waals surface area contributed by atoms with Crippen LogP contribution in [0, 0.1) is 0 Å². The molecule has 1 aromatic heterocycles. The predicted molar refractivity (Wildman–Crippen MR) is 151 cm³/mol. The molecule has 0 radical (unpaired) electrons. The van der Waals surface area contributed by atoms with Gasteiger partial charge in [-0.3, -0.25) is 9.59 Å². The molecular formula is C32H32N2O5. The summed E-state index contributed by atoms with van der Waals surface area (Å²) in [6, 6.07) is 20.4. The highest BCUT2D eigenvalue weighted by atomic mass is 16.5. The van der Waals surface area contributed by atoms with Crippen LogP contribution in [0.1, 0.15) is 48.9 Å². The summed E-state index contributed by atoms with van der Waals surface area (Å²) in [5, 5.41) is 22.6. The largest absolute Gasteiger partial charge is 0.508 e. The number of ether oxygens (including phenoxy) is 1. The number of carbonyl (C=O) groups excluding carboxylic acids is 2. The maximum Gasteiger partial charge on any atom is 0.295 e. The minimum Gasteiger partial charge on any atom is -0.508 e. The van der Waals surface area contributed by atoms with Gasteiger partial charge in [-0.1, -0.05) is 50.1 Å². The third-order valence-electron chi connectivity index (χ3n) is 7.17. The fourth-order valence-electron chi connectivity index (χ4n) is 5.14. The number of aromatic nitrogens is 1. The van der Waals surface area contributed by atoms with E-state index in [0.717, 1.165) is 35.7 Å². The number of rotatable bonds is 10. The number of hydrogen-bond donors (Lipinski definition) is 3. The van der Waals surface area contributed by atoms with Crippen LogP contribution in [0.5, 0.6) is 11.5 Å². The molecule has 5 rings (SSSR count). The summed E-state index contributed by atoms with van der Waals surface area (Å²) in [5.41, 5.74) is 2.98. The topological polar surface area (TPSA) is 103 Å². The molecule has 0 bridgehead atoms. The first kappa shape index (κ1) is 26.1. The molecule has 1 fully saturated rings. The number of hydrogen-bond acceptors (Lipinski definition) is 5. The lowest BCUT2D eigenvalue weighted by atomic mass is 9.95. The number of aliphatic hydroxyl groups is 1. The van der Waals surface area contributed by atoms with E-state index in [9.17, 15) is 19.8 Å². The van der Waals surface area contributed by atoms with E-state index in [1.165, 1.54) is 17.0 Å². The molecule has 1 amide bonds. The number of phenolic OH excluding ortho intramolecular Hbond substituents is 1. The summed E-state index contributed by atoms with van der Waals surface area (Å²) in [6.07, 6.45) is 5.58. The number of ketones is 1. The van der Waals surface area contributed by atoms with E-state index in [-0.39, 0.29) is 23.6 Å². The molecule has 1 atom stereocenters. The van der Waals surface area contributed by atoms with Crippen LogP contribution in [0.3, 0.4) is 0 Å². The molecule has 3 aromatic carbocycles. The van der Waals surface area contributed by atoms with Gasteiger partial charge >= 0.3 is 0 Å². The molecule has 0 aliphatic carbocycles. The fraction of sp³-hybridized carbons (Fsp3) is 0.250. The fourth-order valence-corrected chi connectivity index (χ4v) is 5.14. The summed E-state index contributed by atoms with van der Waals surface area (Å²) in [4.78, 5) is 31.4. The number of H-pyrrole nitrogens is 1. The Bertz CT molecular complexity index is 1520. The average molecular weight is 525 g/mol. The SMILES string of the molecule is CCCCCOc1ccc(/C(O)=C2\C(=O)C(=O)N(CCc3c[nH]c4ccccc34)C2c2cccc(O)c2)cc1. The third kappa shape index (κ3) is 5.39. The summed E-state index contributed by atoms with van der Waals surface area (Å²) < 4.78 is 5.77. The number of nitrogens with zero attached hydrogens (tertiary/aromatic N) is 1. The van der Waals surface area contributed by atoms with E-state index in [4.69, 9.17) is 4.74 Å². The number of benzene rings is 3. The van der Waals surface area contributed by atoms with E-state index in [0.29, 0.717) is 29.9 Å². The standard InChI is InChI=1S/C32H32N2O5/c1-2-3-6-18-39-25-14-12-21(13-15-25)30(36)28-29(22-8-7-9-24(35)19-22)34(32(38)31(28)37)17-16-23-20-33-27-11-5-4-10-26(23)27/h4-5,7-15,19-20,29,33,35-36H,2-3,6,16-18H2,1H3/b30-28+. The molecule has 1 aliphatic heterocycles. The minimum atomic E-state index is -0.840. The second kappa shape index (κ2) is 11.5. The quantitative estimate of drug-likeness (QED) is 0.101. The molecule has 7 heteroatoms. The molecule has 39 heavy (non-hydrogen) atoms. The van der Waals surface area contributed by atoms with Gasteiger partial charge in [-0.05, 0) is 66.4 Å². The Balaban J connectivity index is 1.47. The zero-order valence-electron chi connectivity index (χ0n) is 21.9. The molecule has 0 saturated carbocycles. The van der Waals surface area contributed by atoms with Gasteiger partial charge in [-0.25, -0.2) is 0 Å². The first-order chi connectivity index (χ1) is 19.0. The first-order valence-electron chi connectivity index (χ1n) is 13.3. The first-order valence-corrected chi connectivity index (χ1v) is 13.3. The number of Topliss-reactive ketones (excluding diaryl/α,β-unsaturated/α-hetero) is 1. The Morgan fingerprint density at radius 1 is 1.00 bits per heavy atom. The minimum absolute atomic E-state index is 0.00106. The molecule has 4 aromatic rings. The number of phenols is 1. The molecule has 200 valence electrons. The predicted octanol–water partition coefficient (Wildman–Crippen LogP) is 6.11. The van der Waals surface area contributed by atoms with Crippen molar-refractivity contribution >= 4 is 28.4 Å². The molecule has 2 heterocycles. The Labute approximate surface area is 227 Å². The van der Waals surface area contributed by atoms with Crippen molar-refractivity contribution in [3.63, 3.8) is 0 Å². The van der Waals surface area contributed by atoms with Crippen molar-refractivity contribution in [2.75, 3.05) is 13.2 Å². The van der Waals surface area contributed by atoms with Gasteiger partial charge in [0.05, 0.1) is 18.2 Å². The summed E-state index contributed by atoms with van der Waals surface area (Å²) in [7, 11) is 0. The molecule has 1 aliphatic rings. The van der Waals surface area contributed by atoms with Gasteiger partial charge in [-0.2, -0.15) is 0 Å². The van der Waals surface area contributed by atoms with Gasteiger partial charge in [0, 0.05) is 29.2 Å². The molecule has 7 nitrogen and oxygen atoms in total. The molecular weight excluding hydrogens is 492 g/mol. The maximum atomic E-state index is 13.3. The Morgan fingerprint density at radius 2 is 1.79 bits per heavy atom. The third-order valence-corrected chi connectivity index (χ3v) is 7.17. The van der Waals surface area contributed by atoms with Crippen LogP contribution in [0.25, 0.3) is 16.7 Å². The highest BCUT2D eigenvalue weighted by molar-refractivity contribution is 6.46. The highest BCUT2D eigenvalue weighted by Gasteiger charge is 2.46. The van der Waals surface area contributed by atoms with Crippen molar-refractivity contribution in [1.29, 1.82) is 0 Å². The van der Waals surface area contributed by atoms with Gasteiger partial charge < -0.3 is 24.8 Å². The summed E-state index contributed by atoms with van der Waals surface area (Å²) in [5.74, 6) is -1.00. The number of aromatic amines is 1. The lowest BCUT2D eigenvalue weighted by Crippen LogP contribution is -2.31. The van der Waals surface area contributed by atoms with Crippen molar-refractivity contribution < 1.29 is 24.5 Å². The van der Waals surface area contributed by atoms with Crippen molar-refractivity contribution in [3.8, 4) is 11.5 Å². The van der Waals surface area contributed by atoms with E-state index < -0.39 is 17.7 Å². The second-order valence-electron chi connectivity index (χ2n) is 9.78. The number of likely N-dealkylation sites (tertiary alicyclic amines) is 1. The number of amides is 1. The van der Waals surface area contributed by atoms with Crippen molar-refractivity contribution in [2.24, 2.45) is 0 Å². The summed E-state index contributed by atoms with van der Waals surface area (Å²) in [6.45, 7) is 3.00.